The molecule has 11 heteroatoms. The second-order valence-electron chi connectivity index (χ2n) is 9.65. The summed E-state index contributed by atoms with van der Waals surface area (Å²) in [6.45, 7) is 2.41. The van der Waals surface area contributed by atoms with Crippen LogP contribution in [0.25, 0.3) is 11.2 Å². The summed E-state index contributed by atoms with van der Waals surface area (Å²) in [5, 5.41) is 12.3. The van der Waals surface area contributed by atoms with Gasteiger partial charge in [0.25, 0.3) is 0 Å². The lowest BCUT2D eigenvalue weighted by atomic mass is 10.0. The zero-order valence-electron chi connectivity index (χ0n) is 23.2. The molecular formula is C28H42ClN5O5. The number of rotatable bonds is 20. The maximum absolute atomic E-state index is 12.5. The second kappa shape index (κ2) is 17.8. The van der Waals surface area contributed by atoms with Gasteiger partial charge in [-0.2, -0.15) is 9.97 Å². The van der Waals surface area contributed by atoms with Crippen LogP contribution in [0, 0.1) is 12.3 Å². The van der Waals surface area contributed by atoms with E-state index in [4.69, 9.17) is 27.5 Å². The average molecular weight is 564 g/mol. The van der Waals surface area contributed by atoms with Crippen molar-refractivity contribution in [2.45, 2.75) is 103 Å². The lowest BCUT2D eigenvalue weighted by Crippen LogP contribution is -2.35. The second-order valence-corrected chi connectivity index (χ2v) is 9.99. The van der Waals surface area contributed by atoms with E-state index >= 15 is 0 Å². The standard InChI is InChI=1S/C28H42ClN5O5/c1-4-6-7-8-9-10-11-12-13-16-23(37)39-19-14-15-22(36)31-25-24-26(33-27(29)32-25)34(21-30-24)18-17-28(5-2,20-35)38-3/h2,21,35H,4,6-20H2,1,3H3,(H,31,32,33,36). The van der Waals surface area contributed by atoms with Crippen molar-refractivity contribution in [2.24, 2.45) is 0 Å². The van der Waals surface area contributed by atoms with Crippen LogP contribution in [0.4, 0.5) is 5.82 Å². The van der Waals surface area contributed by atoms with E-state index in [9.17, 15) is 14.7 Å². The first-order chi connectivity index (χ1) is 18.9. The molecule has 1 unspecified atom stereocenters. The molecule has 2 aromatic rings. The van der Waals surface area contributed by atoms with Gasteiger partial charge in [0.1, 0.15) is 0 Å². The highest BCUT2D eigenvalue weighted by molar-refractivity contribution is 6.28. The smallest absolute Gasteiger partial charge is 0.305 e. The minimum Gasteiger partial charge on any atom is -0.466 e. The number of hydrogen-bond acceptors (Lipinski definition) is 8. The Morgan fingerprint density at radius 1 is 1.10 bits per heavy atom. The molecule has 0 bridgehead atoms. The summed E-state index contributed by atoms with van der Waals surface area (Å²) in [5.74, 6) is 2.14. The van der Waals surface area contributed by atoms with E-state index in [0.29, 0.717) is 37.0 Å². The lowest BCUT2D eigenvalue weighted by molar-refractivity contribution is -0.144. The van der Waals surface area contributed by atoms with E-state index in [1.165, 1.54) is 52.0 Å². The number of terminal acetylenes is 1. The number of aromatic nitrogens is 4. The molecule has 39 heavy (non-hydrogen) atoms. The van der Waals surface area contributed by atoms with Crippen molar-refractivity contribution in [1.29, 1.82) is 0 Å². The molecule has 0 aliphatic rings. The molecule has 0 radical (unpaired) electrons. The van der Waals surface area contributed by atoms with Crippen molar-refractivity contribution < 1.29 is 24.2 Å². The van der Waals surface area contributed by atoms with Gasteiger partial charge in [-0.25, -0.2) is 4.98 Å². The molecule has 2 heterocycles. The van der Waals surface area contributed by atoms with E-state index in [-0.39, 0.29) is 42.6 Å². The SMILES string of the molecule is C#CC(CO)(CCn1cnc2c(NC(=O)CCCOC(=O)CCCCCCCCCCC)nc(Cl)nc21)OC. The fourth-order valence-corrected chi connectivity index (χ4v) is 4.32. The number of carbonyl (C=O) groups excluding carboxylic acids is 2. The molecule has 10 nitrogen and oxygen atoms in total. The molecule has 0 fully saturated rings. The third-order valence-corrected chi connectivity index (χ3v) is 6.82. The van der Waals surface area contributed by atoms with E-state index in [1.54, 1.807) is 4.57 Å². The van der Waals surface area contributed by atoms with Crippen molar-refractivity contribution >= 4 is 40.5 Å². The summed E-state index contributed by atoms with van der Waals surface area (Å²) in [4.78, 5) is 37.1. The van der Waals surface area contributed by atoms with Gasteiger partial charge in [-0.1, -0.05) is 64.2 Å². The Hall–Kier alpha value is -2.74. The van der Waals surface area contributed by atoms with E-state index < -0.39 is 5.60 Å². The van der Waals surface area contributed by atoms with Gasteiger partial charge in [0, 0.05) is 32.9 Å². The van der Waals surface area contributed by atoms with Crippen molar-refractivity contribution in [1.82, 2.24) is 19.5 Å². The van der Waals surface area contributed by atoms with Crippen LogP contribution in [-0.2, 0) is 25.6 Å². The number of fused-ring (bicyclic) bond motifs is 1. The van der Waals surface area contributed by atoms with Gasteiger partial charge in [-0.3, -0.25) is 9.59 Å². The molecule has 0 aromatic carbocycles. The first-order valence-electron chi connectivity index (χ1n) is 13.9. The third kappa shape index (κ3) is 11.1. The number of imidazole rings is 1. The van der Waals surface area contributed by atoms with Crippen LogP contribution in [0.1, 0.15) is 90.4 Å². The molecule has 2 N–H and O–H groups in total. The zero-order chi connectivity index (χ0) is 28.5. The number of anilines is 1. The van der Waals surface area contributed by atoms with Crippen LogP contribution in [0.5, 0.6) is 0 Å². The number of esters is 1. The number of carbonyl (C=O) groups is 2. The van der Waals surface area contributed by atoms with Crippen molar-refractivity contribution in [3.63, 3.8) is 0 Å². The van der Waals surface area contributed by atoms with Gasteiger partial charge in [0.15, 0.2) is 22.6 Å². The Morgan fingerprint density at radius 3 is 2.44 bits per heavy atom. The maximum Gasteiger partial charge on any atom is 0.305 e. The molecule has 1 amide bonds. The van der Waals surface area contributed by atoms with Crippen LogP contribution >= 0.6 is 11.6 Å². The topological polar surface area (TPSA) is 128 Å². The van der Waals surface area contributed by atoms with Crippen molar-refractivity contribution in [3.8, 4) is 12.3 Å². The fourth-order valence-electron chi connectivity index (χ4n) is 4.16. The molecule has 0 saturated carbocycles. The number of halogens is 1. The highest BCUT2D eigenvalue weighted by atomic mass is 35.5. The fraction of sp³-hybridized carbons (Fsp3) is 0.679. The molecule has 0 aliphatic heterocycles. The number of nitrogens with one attached hydrogen (secondary N) is 1. The largest absolute Gasteiger partial charge is 0.466 e. The Bertz CT molecular complexity index is 1080. The number of hydrogen-bond donors (Lipinski definition) is 2. The van der Waals surface area contributed by atoms with Crippen LogP contribution in [0.15, 0.2) is 6.33 Å². The summed E-state index contributed by atoms with van der Waals surface area (Å²) >= 11 is 6.10. The number of aliphatic hydroxyl groups excluding tert-OH is 1. The minimum atomic E-state index is -1.12. The average Bonchev–Trinajstić information content (AvgIpc) is 3.34. The van der Waals surface area contributed by atoms with Crippen molar-refractivity contribution in [3.05, 3.63) is 11.6 Å². The Kier molecular flexibility index (Phi) is 14.8. The summed E-state index contributed by atoms with van der Waals surface area (Å²) in [7, 11) is 1.44. The van der Waals surface area contributed by atoms with Crippen LogP contribution in [-0.4, -0.2) is 62.4 Å². The summed E-state index contributed by atoms with van der Waals surface area (Å²) in [5.41, 5.74) is -0.342. The molecule has 0 saturated heterocycles. The van der Waals surface area contributed by atoms with Crippen LogP contribution < -0.4 is 5.32 Å². The highest BCUT2D eigenvalue weighted by Gasteiger charge is 2.26. The van der Waals surface area contributed by atoms with E-state index in [1.807, 2.05) is 0 Å². The van der Waals surface area contributed by atoms with Gasteiger partial charge in [0.2, 0.25) is 11.2 Å². The molecule has 2 aromatic heterocycles. The maximum atomic E-state index is 12.5. The molecular weight excluding hydrogens is 522 g/mol. The number of aryl methyl sites for hydroxylation is 1. The normalized spacial score (nSPS) is 12.7. The zero-order valence-corrected chi connectivity index (χ0v) is 24.0. The molecule has 2 rings (SSSR count). The summed E-state index contributed by atoms with van der Waals surface area (Å²) < 4.78 is 12.3. The Morgan fingerprint density at radius 2 is 1.79 bits per heavy atom. The quantitative estimate of drug-likeness (QED) is 0.0989. The predicted molar refractivity (Wildman–Crippen MR) is 151 cm³/mol. The molecule has 216 valence electrons. The number of ether oxygens (including phenoxy) is 2. The number of unbranched alkanes of at least 4 members (excludes halogenated alkanes) is 8. The van der Waals surface area contributed by atoms with Crippen molar-refractivity contribution in [2.75, 3.05) is 25.6 Å². The van der Waals surface area contributed by atoms with Gasteiger partial charge in [-0.05, 0) is 24.4 Å². The van der Waals surface area contributed by atoms with Crippen LogP contribution in [0.3, 0.4) is 0 Å². The van der Waals surface area contributed by atoms with Gasteiger partial charge < -0.3 is 24.5 Å². The number of nitrogens with zero attached hydrogens (tertiary/aromatic N) is 4. The first-order valence-corrected chi connectivity index (χ1v) is 14.2. The summed E-state index contributed by atoms with van der Waals surface area (Å²) in [6, 6.07) is 0. The highest BCUT2D eigenvalue weighted by Crippen LogP contribution is 2.23. The summed E-state index contributed by atoms with van der Waals surface area (Å²) in [6.07, 6.45) is 19.0. The first kappa shape index (κ1) is 32.5. The minimum absolute atomic E-state index is 0.0536. The Labute approximate surface area is 236 Å². The third-order valence-electron chi connectivity index (χ3n) is 6.66. The van der Waals surface area contributed by atoms with Crippen LogP contribution in [0.2, 0.25) is 5.28 Å². The number of aliphatic hydroxyl groups is 1. The number of methoxy groups -OCH3 is 1. The lowest BCUT2D eigenvalue weighted by Gasteiger charge is -2.24. The van der Waals surface area contributed by atoms with E-state index in [0.717, 1.165) is 19.3 Å². The van der Waals surface area contributed by atoms with E-state index in [2.05, 4.69) is 33.1 Å². The van der Waals surface area contributed by atoms with Gasteiger partial charge >= 0.3 is 5.97 Å². The monoisotopic (exact) mass is 563 g/mol. The molecule has 1 atom stereocenters. The predicted octanol–water partition coefficient (Wildman–Crippen LogP) is 5.06. The van der Waals surface area contributed by atoms with Gasteiger partial charge in [-0.15, -0.1) is 6.42 Å². The molecule has 0 aliphatic carbocycles. The number of amides is 1. The Balaban J connectivity index is 1.73. The molecule has 0 spiro atoms. The van der Waals surface area contributed by atoms with Gasteiger partial charge in [0.05, 0.1) is 19.5 Å².